The number of hydrogen-bond acceptors (Lipinski definition) is 7. The number of non-ortho nitro benzene ring substituents is 1. The van der Waals surface area contributed by atoms with Crippen molar-refractivity contribution in [3.05, 3.63) is 76.2 Å². The van der Waals surface area contributed by atoms with Crippen molar-refractivity contribution < 1.29 is 18.9 Å². The maximum Gasteiger partial charge on any atom is 0.317 e. The van der Waals surface area contributed by atoms with Crippen molar-refractivity contribution in [1.29, 1.82) is 0 Å². The van der Waals surface area contributed by atoms with E-state index in [0.29, 0.717) is 5.56 Å². The Labute approximate surface area is 166 Å². The first-order valence-corrected chi connectivity index (χ1v) is 9.38. The van der Waals surface area contributed by atoms with E-state index in [1.807, 2.05) is 30.3 Å². The highest BCUT2D eigenvalue weighted by Crippen LogP contribution is 2.42. The minimum absolute atomic E-state index is 0.0230. The highest BCUT2D eigenvalue weighted by molar-refractivity contribution is 5.83. The second-order valence-electron chi connectivity index (χ2n) is 7.04. The van der Waals surface area contributed by atoms with Gasteiger partial charge in [0.25, 0.3) is 11.6 Å². The van der Waals surface area contributed by atoms with Crippen LogP contribution in [-0.2, 0) is 21.6 Å². The predicted octanol–water partition coefficient (Wildman–Crippen LogP) is 4.20. The lowest BCUT2D eigenvalue weighted by atomic mass is 9.79. The summed E-state index contributed by atoms with van der Waals surface area (Å²) in [6.45, 7) is -0.118. The Kier molecular flexibility index (Phi) is 5.07. The van der Waals surface area contributed by atoms with Gasteiger partial charge in [0.15, 0.2) is 6.61 Å². The molecular formula is C21H19N3O5. The molecule has 29 heavy (non-hydrogen) atoms. The van der Waals surface area contributed by atoms with Crippen LogP contribution in [0.4, 0.5) is 5.69 Å². The fourth-order valence-corrected chi connectivity index (χ4v) is 3.77. The largest absolute Gasteiger partial charge is 0.455 e. The molecule has 0 saturated heterocycles. The van der Waals surface area contributed by atoms with E-state index in [9.17, 15) is 14.9 Å². The van der Waals surface area contributed by atoms with Gasteiger partial charge in [-0.15, -0.1) is 10.2 Å². The van der Waals surface area contributed by atoms with Crippen LogP contribution in [0, 0.1) is 10.1 Å². The molecule has 0 unspecified atom stereocenters. The summed E-state index contributed by atoms with van der Waals surface area (Å²) in [6, 6.07) is 15.5. The van der Waals surface area contributed by atoms with Gasteiger partial charge in [0.2, 0.25) is 5.89 Å². The highest BCUT2D eigenvalue weighted by Gasteiger charge is 2.44. The summed E-state index contributed by atoms with van der Waals surface area (Å²) in [5.41, 5.74) is 0.879. The first-order valence-electron chi connectivity index (χ1n) is 9.38. The lowest BCUT2D eigenvalue weighted by Crippen LogP contribution is -2.34. The Bertz CT molecular complexity index is 1010. The van der Waals surface area contributed by atoms with Crippen molar-refractivity contribution in [1.82, 2.24) is 10.2 Å². The fourth-order valence-electron chi connectivity index (χ4n) is 3.77. The topological polar surface area (TPSA) is 108 Å². The Hall–Kier alpha value is -3.55. The third kappa shape index (κ3) is 3.73. The SMILES string of the molecule is O=C(OCc1nnc(-c2ccc([N+](=O)[O-])cc2)o1)C1(c2ccccc2)CCCC1. The molecule has 0 radical (unpaired) electrons. The van der Waals surface area contributed by atoms with Crippen LogP contribution in [0.1, 0.15) is 37.1 Å². The van der Waals surface area contributed by atoms with Gasteiger partial charge >= 0.3 is 5.97 Å². The van der Waals surface area contributed by atoms with Crippen LogP contribution in [0.3, 0.4) is 0 Å². The quantitative estimate of drug-likeness (QED) is 0.351. The summed E-state index contributed by atoms with van der Waals surface area (Å²) in [6.07, 6.45) is 3.48. The zero-order valence-corrected chi connectivity index (χ0v) is 15.6. The number of hydrogen-bond donors (Lipinski definition) is 0. The maximum atomic E-state index is 12.9. The molecule has 0 N–H and O–H groups in total. The molecule has 1 heterocycles. The van der Waals surface area contributed by atoms with Crippen LogP contribution in [0.5, 0.6) is 0 Å². The van der Waals surface area contributed by atoms with Crippen molar-refractivity contribution in [3.8, 4) is 11.5 Å². The van der Waals surface area contributed by atoms with E-state index >= 15 is 0 Å². The summed E-state index contributed by atoms with van der Waals surface area (Å²) in [4.78, 5) is 23.2. The van der Waals surface area contributed by atoms with E-state index in [1.54, 1.807) is 0 Å². The zero-order valence-electron chi connectivity index (χ0n) is 15.6. The molecule has 0 atom stereocenters. The molecule has 1 aliphatic carbocycles. The molecule has 3 aromatic rings. The zero-order chi connectivity index (χ0) is 20.3. The lowest BCUT2D eigenvalue weighted by molar-refractivity contribution is -0.384. The summed E-state index contributed by atoms with van der Waals surface area (Å²) in [7, 11) is 0. The van der Waals surface area contributed by atoms with Crippen LogP contribution in [-0.4, -0.2) is 21.1 Å². The number of aromatic nitrogens is 2. The lowest BCUT2D eigenvalue weighted by Gasteiger charge is -2.26. The third-order valence-electron chi connectivity index (χ3n) is 5.29. The Morgan fingerprint density at radius 3 is 2.41 bits per heavy atom. The number of benzene rings is 2. The number of nitro groups is 1. The predicted molar refractivity (Wildman–Crippen MR) is 103 cm³/mol. The van der Waals surface area contributed by atoms with Gasteiger partial charge in [-0.25, -0.2) is 0 Å². The Balaban J connectivity index is 1.45. The monoisotopic (exact) mass is 393 g/mol. The van der Waals surface area contributed by atoms with Crippen molar-refractivity contribution in [2.45, 2.75) is 37.7 Å². The molecule has 148 valence electrons. The Morgan fingerprint density at radius 2 is 1.76 bits per heavy atom. The fraction of sp³-hybridized carbons (Fsp3) is 0.286. The molecule has 1 saturated carbocycles. The number of carbonyl (C=O) groups is 1. The van der Waals surface area contributed by atoms with Gasteiger partial charge < -0.3 is 9.15 Å². The van der Waals surface area contributed by atoms with E-state index < -0.39 is 10.3 Å². The number of nitro benzene ring substituents is 1. The van der Waals surface area contributed by atoms with Crippen LogP contribution in [0.25, 0.3) is 11.5 Å². The molecule has 8 heteroatoms. The summed E-state index contributed by atoms with van der Waals surface area (Å²) < 4.78 is 11.1. The smallest absolute Gasteiger partial charge is 0.317 e. The summed E-state index contributed by atoms with van der Waals surface area (Å²) >= 11 is 0. The van der Waals surface area contributed by atoms with Crippen LogP contribution in [0.2, 0.25) is 0 Å². The highest BCUT2D eigenvalue weighted by atomic mass is 16.6. The molecule has 1 fully saturated rings. The molecule has 1 aliphatic rings. The molecule has 0 spiro atoms. The van der Waals surface area contributed by atoms with E-state index in [0.717, 1.165) is 31.2 Å². The van der Waals surface area contributed by atoms with Gasteiger partial charge in [-0.1, -0.05) is 43.2 Å². The van der Waals surface area contributed by atoms with Crippen LogP contribution in [0.15, 0.2) is 59.0 Å². The van der Waals surface area contributed by atoms with Crippen molar-refractivity contribution in [2.24, 2.45) is 0 Å². The number of esters is 1. The number of ether oxygens (including phenoxy) is 1. The van der Waals surface area contributed by atoms with Crippen LogP contribution < -0.4 is 0 Å². The second-order valence-corrected chi connectivity index (χ2v) is 7.04. The summed E-state index contributed by atoms with van der Waals surface area (Å²) in [5, 5.41) is 18.6. The van der Waals surface area contributed by atoms with E-state index in [-0.39, 0.29) is 30.0 Å². The maximum absolute atomic E-state index is 12.9. The molecule has 0 aliphatic heterocycles. The third-order valence-corrected chi connectivity index (χ3v) is 5.29. The first-order chi connectivity index (χ1) is 14.1. The minimum Gasteiger partial charge on any atom is -0.455 e. The molecule has 8 nitrogen and oxygen atoms in total. The van der Waals surface area contributed by atoms with E-state index in [4.69, 9.17) is 9.15 Å². The average molecular weight is 393 g/mol. The molecule has 0 bridgehead atoms. The average Bonchev–Trinajstić information content (AvgIpc) is 3.43. The molecular weight excluding hydrogens is 374 g/mol. The van der Waals surface area contributed by atoms with Crippen molar-refractivity contribution >= 4 is 11.7 Å². The van der Waals surface area contributed by atoms with Gasteiger partial charge in [-0.3, -0.25) is 14.9 Å². The normalized spacial score (nSPS) is 15.2. The van der Waals surface area contributed by atoms with Gasteiger partial charge in [-0.05, 0) is 30.5 Å². The van der Waals surface area contributed by atoms with E-state index in [1.165, 1.54) is 24.3 Å². The Morgan fingerprint density at radius 1 is 1.07 bits per heavy atom. The van der Waals surface area contributed by atoms with E-state index in [2.05, 4.69) is 10.2 Å². The summed E-state index contributed by atoms with van der Waals surface area (Å²) in [5.74, 6) is 0.105. The van der Waals surface area contributed by atoms with Crippen LogP contribution >= 0.6 is 0 Å². The molecule has 2 aromatic carbocycles. The molecule has 0 amide bonds. The minimum atomic E-state index is -0.623. The number of carbonyl (C=O) groups excluding carboxylic acids is 1. The molecule has 4 rings (SSSR count). The first kappa shape index (κ1) is 18.8. The van der Waals surface area contributed by atoms with Gasteiger partial charge in [0, 0.05) is 17.7 Å². The van der Waals surface area contributed by atoms with Gasteiger partial charge in [0.05, 0.1) is 10.3 Å². The van der Waals surface area contributed by atoms with Crippen molar-refractivity contribution in [3.63, 3.8) is 0 Å². The number of rotatable bonds is 6. The standard InChI is InChI=1S/C21H19N3O5/c25-20(21(12-4-5-13-21)16-6-2-1-3-7-16)28-14-18-22-23-19(29-18)15-8-10-17(11-9-15)24(26)27/h1-3,6-11H,4-5,12-14H2. The second kappa shape index (κ2) is 7.83. The van der Waals surface area contributed by atoms with Gasteiger partial charge in [-0.2, -0.15) is 0 Å². The van der Waals surface area contributed by atoms with Crippen molar-refractivity contribution in [2.75, 3.05) is 0 Å². The van der Waals surface area contributed by atoms with Gasteiger partial charge in [0.1, 0.15) is 0 Å². The molecule has 1 aromatic heterocycles. The number of nitrogens with zero attached hydrogens (tertiary/aromatic N) is 3.